The number of carbonyl (C=O) groups is 1. The van der Waals surface area contributed by atoms with E-state index in [0.717, 1.165) is 25.9 Å². The summed E-state index contributed by atoms with van der Waals surface area (Å²) in [4.78, 5) is 21.1. The van der Waals surface area contributed by atoms with Crippen LogP contribution in [-0.4, -0.2) is 57.6 Å². The van der Waals surface area contributed by atoms with Gasteiger partial charge in [0.15, 0.2) is 12.0 Å². The number of benzene rings is 2. The summed E-state index contributed by atoms with van der Waals surface area (Å²) in [6, 6.07) is 13.9. The molecule has 6 nitrogen and oxygen atoms in total. The number of aliphatic hydroxyl groups is 1. The number of rotatable bonds is 2. The van der Waals surface area contributed by atoms with Gasteiger partial charge < -0.3 is 14.4 Å². The number of oxazole rings is 1. The van der Waals surface area contributed by atoms with Gasteiger partial charge in [0.05, 0.1) is 6.10 Å². The molecule has 1 saturated heterocycles. The van der Waals surface area contributed by atoms with Crippen LogP contribution >= 0.6 is 0 Å². The first-order valence-corrected chi connectivity index (χ1v) is 9.80. The van der Waals surface area contributed by atoms with Gasteiger partial charge in [-0.2, -0.15) is 0 Å². The van der Waals surface area contributed by atoms with Crippen LogP contribution in [0.25, 0.3) is 11.1 Å². The summed E-state index contributed by atoms with van der Waals surface area (Å²) in [7, 11) is 0. The first-order valence-electron chi connectivity index (χ1n) is 9.80. The number of carbonyl (C=O) groups excluding carboxylic acids is 1. The van der Waals surface area contributed by atoms with Crippen molar-refractivity contribution in [3.63, 3.8) is 0 Å². The number of aromatic nitrogens is 1. The Morgan fingerprint density at radius 1 is 1.14 bits per heavy atom. The predicted molar refractivity (Wildman–Crippen MR) is 105 cm³/mol. The van der Waals surface area contributed by atoms with E-state index in [0.29, 0.717) is 29.8 Å². The minimum atomic E-state index is -0.543. The molecular weight excluding hydrogens is 354 g/mol. The number of amides is 1. The molecule has 3 heterocycles. The lowest BCUT2D eigenvalue weighted by Gasteiger charge is -2.43. The van der Waals surface area contributed by atoms with E-state index < -0.39 is 6.10 Å². The number of β-amino-alcohol motifs (C(OH)–C–C–N with tert-alkyl or cyclic N) is 1. The lowest BCUT2D eigenvalue weighted by molar-refractivity contribution is -0.0137. The van der Waals surface area contributed by atoms with Crippen molar-refractivity contribution in [1.82, 2.24) is 14.8 Å². The van der Waals surface area contributed by atoms with E-state index in [9.17, 15) is 9.90 Å². The molecule has 0 aliphatic carbocycles. The zero-order valence-electron chi connectivity index (χ0n) is 15.6. The zero-order valence-corrected chi connectivity index (χ0v) is 15.6. The van der Waals surface area contributed by atoms with Crippen molar-refractivity contribution in [3.05, 3.63) is 65.5 Å². The molecule has 2 aliphatic heterocycles. The average molecular weight is 377 g/mol. The molecule has 6 heteroatoms. The molecule has 1 fully saturated rings. The minimum Gasteiger partial charge on any atom is -0.443 e. The summed E-state index contributed by atoms with van der Waals surface area (Å²) < 4.78 is 5.24. The molecule has 144 valence electrons. The first-order chi connectivity index (χ1) is 13.7. The van der Waals surface area contributed by atoms with Crippen LogP contribution in [0.3, 0.4) is 0 Å². The molecule has 1 aromatic heterocycles. The molecule has 2 aromatic carbocycles. The second kappa shape index (κ2) is 7.04. The van der Waals surface area contributed by atoms with Gasteiger partial charge in [-0.25, -0.2) is 4.98 Å². The number of likely N-dealkylation sites (tertiary alicyclic amines) is 1. The normalized spacial score (nSPS) is 23.0. The van der Waals surface area contributed by atoms with Gasteiger partial charge in [0.1, 0.15) is 5.52 Å². The summed E-state index contributed by atoms with van der Waals surface area (Å²) >= 11 is 0. The Morgan fingerprint density at radius 2 is 2.00 bits per heavy atom. The molecule has 28 heavy (non-hydrogen) atoms. The molecule has 0 spiro atoms. The Morgan fingerprint density at radius 3 is 2.86 bits per heavy atom. The van der Waals surface area contributed by atoms with Crippen molar-refractivity contribution >= 4 is 17.0 Å². The van der Waals surface area contributed by atoms with E-state index in [4.69, 9.17) is 4.42 Å². The summed E-state index contributed by atoms with van der Waals surface area (Å²) in [5, 5.41) is 10.8. The number of piperidine rings is 1. The highest BCUT2D eigenvalue weighted by Gasteiger charge is 2.35. The number of nitrogens with zero attached hydrogens (tertiary/aromatic N) is 3. The van der Waals surface area contributed by atoms with Gasteiger partial charge in [-0.15, -0.1) is 0 Å². The van der Waals surface area contributed by atoms with Crippen LogP contribution < -0.4 is 0 Å². The van der Waals surface area contributed by atoms with E-state index >= 15 is 0 Å². The SMILES string of the molecule is O=C(c1ccc2ocnc2c1)N1CC[C@@H](N2CCc3ccccc3C2)[C@H](O)C1. The molecule has 2 aliphatic rings. The fourth-order valence-corrected chi connectivity index (χ4v) is 4.50. The highest BCUT2D eigenvalue weighted by Crippen LogP contribution is 2.26. The van der Waals surface area contributed by atoms with Crippen LogP contribution in [0.15, 0.2) is 53.3 Å². The van der Waals surface area contributed by atoms with E-state index in [1.54, 1.807) is 23.1 Å². The number of hydrogen-bond donors (Lipinski definition) is 1. The monoisotopic (exact) mass is 377 g/mol. The Hall–Kier alpha value is -2.70. The summed E-state index contributed by atoms with van der Waals surface area (Å²) in [6.45, 7) is 2.83. The van der Waals surface area contributed by atoms with Crippen LogP contribution in [-0.2, 0) is 13.0 Å². The van der Waals surface area contributed by atoms with Gasteiger partial charge in [-0.3, -0.25) is 9.69 Å². The lowest BCUT2D eigenvalue weighted by Crippen LogP contribution is -2.56. The van der Waals surface area contributed by atoms with E-state index in [-0.39, 0.29) is 11.9 Å². The molecule has 0 radical (unpaired) electrons. The molecule has 0 saturated carbocycles. The van der Waals surface area contributed by atoms with Crippen molar-refractivity contribution in [3.8, 4) is 0 Å². The molecule has 5 rings (SSSR count). The maximum absolute atomic E-state index is 12.9. The standard InChI is InChI=1S/C22H23N3O3/c26-20-13-25(22(27)16-5-6-21-18(11-16)23-14-28-21)10-8-19(20)24-9-7-15-3-1-2-4-17(15)12-24/h1-6,11,14,19-20,26H,7-10,12-13H2/t19-,20-/m1/s1. The quantitative estimate of drug-likeness (QED) is 0.743. The van der Waals surface area contributed by atoms with Gasteiger partial charge in [-0.05, 0) is 42.2 Å². The van der Waals surface area contributed by atoms with Gasteiger partial charge in [0, 0.05) is 37.8 Å². The Kier molecular flexibility index (Phi) is 4.37. The maximum Gasteiger partial charge on any atom is 0.254 e. The Labute approximate surface area is 163 Å². The molecule has 1 amide bonds. The van der Waals surface area contributed by atoms with Crippen molar-refractivity contribution in [2.24, 2.45) is 0 Å². The van der Waals surface area contributed by atoms with Gasteiger partial charge in [-0.1, -0.05) is 24.3 Å². The van der Waals surface area contributed by atoms with Crippen LogP contribution in [0.4, 0.5) is 0 Å². The first kappa shape index (κ1) is 17.4. The van der Waals surface area contributed by atoms with E-state index in [1.807, 2.05) is 0 Å². The summed E-state index contributed by atoms with van der Waals surface area (Å²) in [5.74, 6) is -0.0635. The Bertz CT molecular complexity index is 1010. The number of hydrogen-bond acceptors (Lipinski definition) is 5. The molecule has 0 bridgehead atoms. The van der Waals surface area contributed by atoms with Crippen LogP contribution in [0.2, 0.25) is 0 Å². The predicted octanol–water partition coefficient (Wildman–Crippen LogP) is 2.46. The third-order valence-corrected chi connectivity index (χ3v) is 6.04. The van der Waals surface area contributed by atoms with Crippen molar-refractivity contribution in [1.29, 1.82) is 0 Å². The Balaban J connectivity index is 1.27. The molecule has 0 unspecified atom stereocenters. The maximum atomic E-state index is 12.9. The van der Waals surface area contributed by atoms with Crippen molar-refractivity contribution in [2.75, 3.05) is 19.6 Å². The molecular formula is C22H23N3O3. The molecule has 1 N–H and O–H groups in total. The number of aliphatic hydroxyl groups excluding tert-OH is 1. The molecule has 3 aromatic rings. The minimum absolute atomic E-state index is 0.0635. The fourth-order valence-electron chi connectivity index (χ4n) is 4.50. The molecule has 2 atom stereocenters. The third kappa shape index (κ3) is 3.08. The van der Waals surface area contributed by atoms with Crippen molar-refractivity contribution in [2.45, 2.75) is 31.5 Å². The van der Waals surface area contributed by atoms with E-state index in [2.05, 4.69) is 34.1 Å². The van der Waals surface area contributed by atoms with Gasteiger partial charge >= 0.3 is 0 Å². The highest BCUT2D eigenvalue weighted by molar-refractivity contribution is 5.97. The van der Waals surface area contributed by atoms with Gasteiger partial charge in [0.2, 0.25) is 0 Å². The smallest absolute Gasteiger partial charge is 0.254 e. The lowest BCUT2D eigenvalue weighted by atomic mass is 9.94. The second-order valence-electron chi connectivity index (χ2n) is 7.70. The average Bonchev–Trinajstić information content (AvgIpc) is 3.20. The highest BCUT2D eigenvalue weighted by atomic mass is 16.3. The van der Waals surface area contributed by atoms with Crippen molar-refractivity contribution < 1.29 is 14.3 Å². The van der Waals surface area contributed by atoms with Crippen LogP contribution in [0, 0.1) is 0 Å². The van der Waals surface area contributed by atoms with Crippen LogP contribution in [0.5, 0.6) is 0 Å². The van der Waals surface area contributed by atoms with Crippen LogP contribution in [0.1, 0.15) is 27.9 Å². The fraction of sp³-hybridized carbons (Fsp3) is 0.364. The summed E-state index contributed by atoms with van der Waals surface area (Å²) in [6.07, 6.45) is 2.63. The topological polar surface area (TPSA) is 69.8 Å². The second-order valence-corrected chi connectivity index (χ2v) is 7.70. The number of fused-ring (bicyclic) bond motifs is 2. The van der Waals surface area contributed by atoms with Gasteiger partial charge in [0.25, 0.3) is 5.91 Å². The largest absolute Gasteiger partial charge is 0.443 e. The summed E-state index contributed by atoms with van der Waals surface area (Å²) in [5.41, 5.74) is 4.68. The third-order valence-electron chi connectivity index (χ3n) is 6.04. The van der Waals surface area contributed by atoms with E-state index in [1.165, 1.54) is 17.5 Å². The zero-order chi connectivity index (χ0) is 19.1.